The molecule has 0 aliphatic rings. The van der Waals surface area contributed by atoms with Crippen molar-refractivity contribution in [2.75, 3.05) is 0 Å². The van der Waals surface area contributed by atoms with Gasteiger partial charge in [0.2, 0.25) is 0 Å². The van der Waals surface area contributed by atoms with E-state index in [1.807, 2.05) is 0 Å². The van der Waals surface area contributed by atoms with Crippen LogP contribution in [0, 0.1) is 0 Å². The first kappa shape index (κ1) is 15.7. The molecule has 0 amide bonds. The summed E-state index contributed by atoms with van der Waals surface area (Å²) in [5.41, 5.74) is 0. The number of hydrogen-bond acceptors (Lipinski definition) is 1. The van der Waals surface area contributed by atoms with Crippen molar-refractivity contribution in [3.63, 3.8) is 0 Å². The van der Waals surface area contributed by atoms with Crippen LogP contribution >= 0.6 is 7.82 Å². The molecule has 0 aromatic rings. The Balaban J connectivity index is -0.0000000800. The van der Waals surface area contributed by atoms with Gasteiger partial charge in [-0.3, -0.25) is 0 Å². The predicted octanol–water partition coefficient (Wildman–Crippen LogP) is -1.69. The van der Waals surface area contributed by atoms with Crippen molar-refractivity contribution in [1.29, 1.82) is 0 Å². The second kappa shape index (κ2) is 5.09. The fraction of sp³-hybridized carbons (Fsp3) is 0. The van der Waals surface area contributed by atoms with Crippen LogP contribution in [-0.4, -0.2) is 46.1 Å². The first-order chi connectivity index (χ1) is 2.00. The van der Waals surface area contributed by atoms with E-state index >= 15 is 0 Å². The van der Waals surface area contributed by atoms with E-state index in [0.29, 0.717) is 0 Å². The van der Waals surface area contributed by atoms with E-state index in [1.54, 1.807) is 0 Å². The van der Waals surface area contributed by atoms with Gasteiger partial charge < -0.3 is 14.7 Å². The van der Waals surface area contributed by atoms with Crippen LogP contribution in [0.25, 0.3) is 0 Å². The molecule has 4 nitrogen and oxygen atoms in total. The summed E-state index contributed by atoms with van der Waals surface area (Å²) in [6, 6.07) is 0. The van der Waals surface area contributed by atoms with Crippen LogP contribution in [0.5, 0.6) is 0 Å². The molecule has 0 heterocycles. The van der Waals surface area contributed by atoms with Crippen LogP contribution < -0.4 is 0 Å². The molecule has 0 aliphatic carbocycles. The van der Waals surface area contributed by atoms with Gasteiger partial charge in [0.25, 0.3) is 0 Å². The van der Waals surface area contributed by atoms with Gasteiger partial charge in [-0.15, -0.1) is 0 Å². The molecule has 32 valence electrons. The van der Waals surface area contributed by atoms with Crippen molar-refractivity contribution in [2.45, 2.75) is 0 Å². The van der Waals surface area contributed by atoms with Gasteiger partial charge in [0.15, 0.2) is 0 Å². The maximum atomic E-state index is 8.88. The third-order valence-corrected chi connectivity index (χ3v) is 0. The molecule has 0 spiro atoms. The summed E-state index contributed by atoms with van der Waals surface area (Å²) >= 11 is 0. The van der Waals surface area contributed by atoms with Crippen molar-refractivity contribution in [3.8, 4) is 0 Å². The zero-order valence-corrected chi connectivity index (χ0v) is 5.79. The van der Waals surface area contributed by atoms with E-state index < -0.39 is 7.82 Å². The third-order valence-electron chi connectivity index (χ3n) is 0. The topological polar surface area (TPSA) is 77.8 Å². The van der Waals surface area contributed by atoms with E-state index in [9.17, 15) is 0 Å². The van der Waals surface area contributed by atoms with Crippen LogP contribution in [0.1, 0.15) is 0 Å². The Labute approximate surface area is 58.9 Å². The Morgan fingerprint density at radius 3 is 1.14 bits per heavy atom. The van der Waals surface area contributed by atoms with E-state index in [4.69, 9.17) is 19.2 Å². The zero-order valence-electron chi connectivity index (χ0n) is 3.48. The van der Waals surface area contributed by atoms with Crippen molar-refractivity contribution >= 4 is 39.3 Å². The number of phosphoric acid groups is 1. The van der Waals surface area contributed by atoms with Crippen LogP contribution in [-0.2, 0) is 4.57 Å². The van der Waals surface area contributed by atoms with E-state index in [0.717, 1.165) is 0 Å². The van der Waals surface area contributed by atoms with Gasteiger partial charge in [-0.2, -0.15) is 0 Å². The maximum absolute atomic E-state index is 8.88. The summed E-state index contributed by atoms with van der Waals surface area (Å²) in [5, 5.41) is 0. The Morgan fingerprint density at radius 2 is 1.14 bits per heavy atom. The monoisotopic (exact) mass is 133 g/mol. The Kier molecular flexibility index (Phi) is 11.4. The summed E-state index contributed by atoms with van der Waals surface area (Å²) in [6.45, 7) is 0. The Bertz CT molecular complexity index is 57.8. The zero-order chi connectivity index (χ0) is 4.50. The summed E-state index contributed by atoms with van der Waals surface area (Å²) in [7, 11) is -4.64. The van der Waals surface area contributed by atoms with Gasteiger partial charge in [0, 0.05) is 0 Å². The molecule has 3 N–H and O–H groups in total. The fourth-order valence-corrected chi connectivity index (χ4v) is 0. The maximum Gasteiger partial charge on any atom is 3.00 e. The Morgan fingerprint density at radius 1 is 1.14 bits per heavy atom. The van der Waals surface area contributed by atoms with E-state index in [-0.39, 0.29) is 31.5 Å². The van der Waals surface area contributed by atoms with Crippen molar-refractivity contribution in [1.82, 2.24) is 0 Å². The van der Waals surface area contributed by atoms with Crippen molar-refractivity contribution in [3.05, 3.63) is 0 Å². The predicted molar refractivity (Wildman–Crippen MR) is 25.8 cm³/mol. The summed E-state index contributed by atoms with van der Waals surface area (Å²) < 4.78 is 8.88. The second-order valence-electron chi connectivity index (χ2n) is 0.513. The summed E-state index contributed by atoms with van der Waals surface area (Å²) in [6.07, 6.45) is 0. The molecule has 0 unspecified atom stereocenters. The largest absolute Gasteiger partial charge is 3.00 e. The SMILES string of the molecule is O=P(O)(O)O.[B+3].[Mg+2]. The molecule has 0 fully saturated rings. The van der Waals surface area contributed by atoms with Crippen molar-refractivity contribution in [2.24, 2.45) is 0 Å². The number of hydrogen-bond donors (Lipinski definition) is 3. The second-order valence-corrected chi connectivity index (χ2v) is 1.54. The molecular formula is H3BMgO4P+5. The molecule has 0 rings (SSSR count). The summed E-state index contributed by atoms with van der Waals surface area (Å²) in [5.74, 6) is 0. The standard InChI is InChI=1S/B.Mg.H3O4P/c;;1-5(2,3)4/h;;(H3,1,2,3,4)/q+3;+2;. The molecular weight excluding hydrogens is 130 g/mol. The van der Waals surface area contributed by atoms with Gasteiger partial charge in [0.05, 0.1) is 0 Å². The van der Waals surface area contributed by atoms with Crippen molar-refractivity contribution < 1.29 is 19.2 Å². The first-order valence-corrected chi connectivity index (χ1v) is 2.35. The van der Waals surface area contributed by atoms with Gasteiger partial charge in [0.1, 0.15) is 0 Å². The van der Waals surface area contributed by atoms with Crippen LogP contribution in [0.15, 0.2) is 0 Å². The third kappa shape index (κ3) is 191. The molecule has 0 aromatic carbocycles. The molecule has 0 radical (unpaired) electrons. The van der Waals surface area contributed by atoms with Gasteiger partial charge in [-0.05, 0) is 0 Å². The minimum Gasteiger partial charge on any atom is -0.303 e. The summed E-state index contributed by atoms with van der Waals surface area (Å²) in [4.78, 5) is 21.6. The number of rotatable bonds is 0. The molecule has 0 bridgehead atoms. The molecule has 0 aliphatic heterocycles. The first-order valence-electron chi connectivity index (χ1n) is 0.783. The fourth-order valence-electron chi connectivity index (χ4n) is 0. The van der Waals surface area contributed by atoms with Gasteiger partial charge in [-0.25, -0.2) is 4.57 Å². The van der Waals surface area contributed by atoms with Gasteiger partial charge >= 0.3 is 39.3 Å². The van der Waals surface area contributed by atoms with Crippen LogP contribution in [0.4, 0.5) is 0 Å². The molecule has 0 saturated heterocycles. The quantitative estimate of drug-likeness (QED) is 0.272. The molecule has 7 heavy (non-hydrogen) atoms. The van der Waals surface area contributed by atoms with E-state index in [1.165, 1.54) is 0 Å². The molecule has 7 heteroatoms. The molecule has 0 aromatic heterocycles. The average Bonchev–Trinajstić information content (AvgIpc) is 0.722. The molecule has 0 saturated carbocycles. The van der Waals surface area contributed by atoms with Crippen LogP contribution in [0.2, 0.25) is 0 Å². The average molecular weight is 133 g/mol. The Hall–Kier alpha value is 0.941. The smallest absolute Gasteiger partial charge is 0.303 e. The minimum absolute atomic E-state index is 0. The normalized spacial score (nSPS) is 8.43. The van der Waals surface area contributed by atoms with E-state index in [2.05, 4.69) is 0 Å². The van der Waals surface area contributed by atoms with Gasteiger partial charge in [-0.1, -0.05) is 0 Å². The molecule has 0 atom stereocenters. The minimum atomic E-state index is -4.64. The van der Waals surface area contributed by atoms with Crippen LogP contribution in [0.3, 0.4) is 0 Å².